The van der Waals surface area contributed by atoms with Crippen LogP contribution in [0.15, 0.2) is 24.3 Å². The lowest BCUT2D eigenvalue weighted by atomic mass is 10.1. The lowest BCUT2D eigenvalue weighted by Gasteiger charge is -2.06. The molecule has 1 aromatic carbocycles. The van der Waals surface area contributed by atoms with Crippen LogP contribution in [-0.4, -0.2) is 23.5 Å². The van der Waals surface area contributed by atoms with E-state index in [4.69, 9.17) is 5.11 Å². The lowest BCUT2D eigenvalue weighted by molar-refractivity contribution is -0.122. The van der Waals surface area contributed by atoms with Gasteiger partial charge in [0.1, 0.15) is 0 Å². The number of hydrogen-bond acceptors (Lipinski definition) is 2. The quantitative estimate of drug-likeness (QED) is 0.834. The predicted octanol–water partition coefficient (Wildman–Crippen LogP) is 2.09. The summed E-state index contributed by atoms with van der Waals surface area (Å²) in [5, 5.41) is 11.9. The molecule has 2 atom stereocenters. The van der Waals surface area contributed by atoms with Gasteiger partial charge >= 0.3 is 5.97 Å². The topological polar surface area (TPSA) is 66.4 Å². The van der Waals surface area contributed by atoms with E-state index in [1.807, 2.05) is 6.07 Å². The zero-order chi connectivity index (χ0) is 14.1. The highest BCUT2D eigenvalue weighted by Crippen LogP contribution is 2.54. The van der Waals surface area contributed by atoms with E-state index >= 15 is 0 Å². The number of carboxylic acids is 1. The average molecular weight is 273 g/mol. The molecule has 2 saturated carbocycles. The summed E-state index contributed by atoms with van der Waals surface area (Å²) in [5.41, 5.74) is 1.24. The molecule has 2 aliphatic rings. The molecule has 0 aliphatic heterocycles. The number of benzene rings is 1. The summed E-state index contributed by atoms with van der Waals surface area (Å²) in [6, 6.07) is 6.88. The number of amides is 1. The molecule has 0 heterocycles. The zero-order valence-corrected chi connectivity index (χ0v) is 11.3. The van der Waals surface area contributed by atoms with Crippen molar-refractivity contribution in [2.24, 2.45) is 17.8 Å². The van der Waals surface area contributed by atoms with Crippen LogP contribution in [0.3, 0.4) is 0 Å². The smallest absolute Gasteiger partial charge is 0.335 e. The molecule has 0 radical (unpaired) electrons. The fourth-order valence-corrected chi connectivity index (χ4v) is 2.88. The fourth-order valence-electron chi connectivity index (χ4n) is 2.88. The molecule has 4 nitrogen and oxygen atoms in total. The molecule has 1 aromatic rings. The lowest BCUT2D eigenvalue weighted by Crippen LogP contribution is -2.27. The molecule has 0 spiro atoms. The molecular formula is C16H19NO3. The van der Waals surface area contributed by atoms with Gasteiger partial charge in [-0.2, -0.15) is 0 Å². The van der Waals surface area contributed by atoms with Crippen molar-refractivity contribution in [1.82, 2.24) is 5.32 Å². The SMILES string of the molecule is O=C(O)c1cccc(CCNC(=O)C2CC2C2CC2)c1. The number of carbonyl (C=O) groups excluding carboxylic acids is 1. The first-order chi connectivity index (χ1) is 9.65. The van der Waals surface area contributed by atoms with E-state index in [-0.39, 0.29) is 11.8 Å². The molecule has 0 aromatic heterocycles. The normalized spacial score (nSPS) is 24.2. The zero-order valence-electron chi connectivity index (χ0n) is 11.3. The molecule has 0 bridgehead atoms. The van der Waals surface area contributed by atoms with Crippen LogP contribution in [-0.2, 0) is 11.2 Å². The van der Waals surface area contributed by atoms with E-state index in [1.54, 1.807) is 18.2 Å². The third kappa shape index (κ3) is 3.00. The van der Waals surface area contributed by atoms with Gasteiger partial charge in [-0.3, -0.25) is 4.79 Å². The van der Waals surface area contributed by atoms with Crippen LogP contribution in [0.2, 0.25) is 0 Å². The monoisotopic (exact) mass is 273 g/mol. The van der Waals surface area contributed by atoms with E-state index in [0.717, 1.165) is 17.9 Å². The van der Waals surface area contributed by atoms with E-state index in [2.05, 4.69) is 5.32 Å². The Bertz CT molecular complexity index is 536. The van der Waals surface area contributed by atoms with Crippen LogP contribution in [0.25, 0.3) is 0 Å². The third-order valence-electron chi connectivity index (χ3n) is 4.29. The first-order valence-electron chi connectivity index (χ1n) is 7.25. The van der Waals surface area contributed by atoms with E-state index in [0.29, 0.717) is 24.4 Å². The van der Waals surface area contributed by atoms with E-state index < -0.39 is 5.97 Å². The molecule has 2 unspecified atom stereocenters. The van der Waals surface area contributed by atoms with Gasteiger partial charge in [-0.1, -0.05) is 12.1 Å². The number of nitrogens with one attached hydrogen (secondary N) is 1. The van der Waals surface area contributed by atoms with Crippen LogP contribution in [0.4, 0.5) is 0 Å². The van der Waals surface area contributed by atoms with Gasteiger partial charge in [0, 0.05) is 12.5 Å². The molecular weight excluding hydrogens is 254 g/mol. The second kappa shape index (κ2) is 5.27. The second-order valence-electron chi connectivity index (χ2n) is 5.89. The van der Waals surface area contributed by atoms with E-state index in [1.165, 1.54) is 12.8 Å². The first kappa shape index (κ1) is 13.2. The Morgan fingerprint density at radius 2 is 2.10 bits per heavy atom. The molecule has 0 saturated heterocycles. The summed E-state index contributed by atoms with van der Waals surface area (Å²) in [5.74, 6) is 0.966. The maximum atomic E-state index is 11.9. The number of aromatic carboxylic acids is 1. The summed E-state index contributed by atoms with van der Waals surface area (Å²) in [6.45, 7) is 0.579. The van der Waals surface area contributed by atoms with Gasteiger partial charge in [-0.05, 0) is 55.2 Å². The van der Waals surface area contributed by atoms with Crippen molar-refractivity contribution >= 4 is 11.9 Å². The Kier molecular flexibility index (Phi) is 3.47. The molecule has 4 heteroatoms. The van der Waals surface area contributed by atoms with Crippen molar-refractivity contribution in [3.8, 4) is 0 Å². The Morgan fingerprint density at radius 3 is 2.80 bits per heavy atom. The van der Waals surface area contributed by atoms with Gasteiger partial charge in [0.15, 0.2) is 0 Å². The van der Waals surface area contributed by atoms with E-state index in [9.17, 15) is 9.59 Å². The van der Waals surface area contributed by atoms with Crippen LogP contribution in [0.1, 0.15) is 35.2 Å². The van der Waals surface area contributed by atoms with Crippen molar-refractivity contribution in [2.45, 2.75) is 25.7 Å². The van der Waals surface area contributed by atoms with Crippen molar-refractivity contribution < 1.29 is 14.7 Å². The van der Waals surface area contributed by atoms with Crippen LogP contribution < -0.4 is 5.32 Å². The summed E-state index contributed by atoms with van der Waals surface area (Å²) in [4.78, 5) is 22.8. The largest absolute Gasteiger partial charge is 0.478 e. The highest BCUT2D eigenvalue weighted by molar-refractivity contribution is 5.87. The highest BCUT2D eigenvalue weighted by Gasteiger charge is 2.50. The summed E-state index contributed by atoms with van der Waals surface area (Å²) in [6.07, 6.45) is 4.34. The van der Waals surface area contributed by atoms with Gasteiger partial charge in [-0.15, -0.1) is 0 Å². The summed E-state index contributed by atoms with van der Waals surface area (Å²) >= 11 is 0. The van der Waals surface area contributed by atoms with Crippen LogP contribution >= 0.6 is 0 Å². The molecule has 2 aliphatic carbocycles. The molecule has 2 N–H and O–H groups in total. The predicted molar refractivity (Wildman–Crippen MR) is 74.4 cm³/mol. The van der Waals surface area contributed by atoms with Crippen molar-refractivity contribution in [3.63, 3.8) is 0 Å². The second-order valence-corrected chi connectivity index (χ2v) is 5.89. The number of hydrogen-bond donors (Lipinski definition) is 2. The molecule has 20 heavy (non-hydrogen) atoms. The average Bonchev–Trinajstić information content (AvgIpc) is 3.28. The minimum Gasteiger partial charge on any atom is -0.478 e. The highest BCUT2D eigenvalue weighted by atomic mass is 16.4. The summed E-state index contributed by atoms with van der Waals surface area (Å²) in [7, 11) is 0. The standard InChI is InChI=1S/C16H19NO3/c18-15(14-9-13(14)11-4-5-11)17-7-6-10-2-1-3-12(8-10)16(19)20/h1-3,8,11,13-14H,4-7,9H2,(H,17,18)(H,19,20). The van der Waals surface area contributed by atoms with Crippen molar-refractivity contribution in [2.75, 3.05) is 6.54 Å². The minimum absolute atomic E-state index is 0.177. The Balaban J connectivity index is 1.44. The summed E-state index contributed by atoms with van der Waals surface area (Å²) < 4.78 is 0. The number of carboxylic acid groups (broad SMARTS) is 1. The number of carbonyl (C=O) groups is 2. The third-order valence-corrected chi connectivity index (χ3v) is 4.29. The molecule has 106 valence electrons. The Morgan fingerprint density at radius 1 is 1.30 bits per heavy atom. The molecule has 1 amide bonds. The molecule has 2 fully saturated rings. The molecule has 3 rings (SSSR count). The number of rotatable bonds is 6. The van der Waals surface area contributed by atoms with Crippen molar-refractivity contribution in [1.29, 1.82) is 0 Å². The first-order valence-corrected chi connectivity index (χ1v) is 7.25. The Labute approximate surface area is 118 Å². The minimum atomic E-state index is -0.916. The Hall–Kier alpha value is -1.84. The van der Waals surface area contributed by atoms with Gasteiger partial charge in [0.25, 0.3) is 0 Å². The van der Waals surface area contributed by atoms with Gasteiger partial charge in [0.05, 0.1) is 5.56 Å². The van der Waals surface area contributed by atoms with Gasteiger partial charge in [-0.25, -0.2) is 4.79 Å². The van der Waals surface area contributed by atoms with Gasteiger partial charge < -0.3 is 10.4 Å². The fraction of sp³-hybridized carbons (Fsp3) is 0.500. The van der Waals surface area contributed by atoms with Gasteiger partial charge in [0.2, 0.25) is 5.91 Å². The van der Waals surface area contributed by atoms with Crippen LogP contribution in [0.5, 0.6) is 0 Å². The van der Waals surface area contributed by atoms with Crippen LogP contribution in [0, 0.1) is 17.8 Å². The maximum Gasteiger partial charge on any atom is 0.335 e. The van der Waals surface area contributed by atoms with Crippen molar-refractivity contribution in [3.05, 3.63) is 35.4 Å². The maximum absolute atomic E-state index is 11.9.